The van der Waals surface area contributed by atoms with E-state index in [-0.39, 0.29) is 31.1 Å². The molecule has 0 aliphatic rings. The molecule has 0 heterocycles. The lowest BCUT2D eigenvalue weighted by molar-refractivity contribution is -0.167. The molecule has 0 aromatic heterocycles. The molecule has 0 aliphatic heterocycles. The second kappa shape index (κ2) is 52.0. The third kappa shape index (κ3) is 50.2. The van der Waals surface area contributed by atoms with Crippen LogP contribution in [0.15, 0.2) is 48.6 Å². The molecule has 0 aromatic carbocycles. The summed E-state index contributed by atoms with van der Waals surface area (Å²) in [5.41, 5.74) is 0. The number of ether oxygens (including phenoxy) is 3. The van der Waals surface area contributed by atoms with Gasteiger partial charge in [-0.15, -0.1) is 0 Å². The SMILES string of the molecule is CC/C=C\C/C=C\C/C=C\C/C=C\CCCCCCCCCCCCC(=O)OCC(COC(=O)CCCCCCCCCCC)OC(=O)CCCCCCCCCCCCCCC. The third-order valence-corrected chi connectivity index (χ3v) is 11.8. The van der Waals surface area contributed by atoms with Gasteiger partial charge in [-0.1, -0.05) is 249 Å². The molecule has 0 radical (unpaired) electrons. The van der Waals surface area contributed by atoms with E-state index < -0.39 is 6.10 Å². The van der Waals surface area contributed by atoms with Crippen LogP contribution in [0.3, 0.4) is 0 Å². The molecule has 1 atom stereocenters. The van der Waals surface area contributed by atoms with Crippen LogP contribution in [0, 0.1) is 0 Å². The first kappa shape index (κ1) is 60.4. The van der Waals surface area contributed by atoms with Crippen LogP contribution in [-0.4, -0.2) is 37.2 Å². The van der Waals surface area contributed by atoms with Crippen LogP contribution in [0.2, 0.25) is 0 Å². The van der Waals surface area contributed by atoms with Gasteiger partial charge >= 0.3 is 17.9 Å². The van der Waals surface area contributed by atoms with E-state index in [1.165, 1.54) is 154 Å². The van der Waals surface area contributed by atoms with Crippen LogP contribution in [0.1, 0.15) is 278 Å². The highest BCUT2D eigenvalue weighted by atomic mass is 16.6. The average Bonchev–Trinajstić information content (AvgIpc) is 3.28. The summed E-state index contributed by atoms with van der Waals surface area (Å²) in [7, 11) is 0. The molecule has 0 aliphatic carbocycles. The number of rotatable bonds is 49. The van der Waals surface area contributed by atoms with Gasteiger partial charge in [-0.2, -0.15) is 0 Å². The monoisotopic (exact) mass is 883 g/mol. The minimum atomic E-state index is -0.768. The number of carbonyl (C=O) groups is 3. The highest BCUT2D eigenvalue weighted by molar-refractivity contribution is 5.71. The molecule has 6 heteroatoms. The van der Waals surface area contributed by atoms with Gasteiger partial charge in [0.1, 0.15) is 13.2 Å². The minimum absolute atomic E-state index is 0.0703. The second-order valence-electron chi connectivity index (χ2n) is 18.1. The van der Waals surface area contributed by atoms with Crippen LogP contribution in [0.4, 0.5) is 0 Å². The maximum atomic E-state index is 12.8. The van der Waals surface area contributed by atoms with Gasteiger partial charge in [-0.25, -0.2) is 0 Å². The van der Waals surface area contributed by atoms with Crippen LogP contribution < -0.4 is 0 Å². The molecule has 0 saturated carbocycles. The van der Waals surface area contributed by atoms with Crippen LogP contribution in [0.25, 0.3) is 0 Å². The molecule has 6 nitrogen and oxygen atoms in total. The number of carbonyl (C=O) groups excluding carboxylic acids is 3. The second-order valence-corrected chi connectivity index (χ2v) is 18.1. The lowest BCUT2D eigenvalue weighted by Crippen LogP contribution is -2.30. The van der Waals surface area contributed by atoms with Gasteiger partial charge in [0.15, 0.2) is 6.10 Å². The van der Waals surface area contributed by atoms with Gasteiger partial charge < -0.3 is 14.2 Å². The topological polar surface area (TPSA) is 78.9 Å². The summed E-state index contributed by atoms with van der Waals surface area (Å²) in [6.07, 6.45) is 62.5. The van der Waals surface area contributed by atoms with Crippen molar-refractivity contribution in [3.8, 4) is 0 Å². The Morgan fingerprint density at radius 2 is 0.619 bits per heavy atom. The summed E-state index contributed by atoms with van der Waals surface area (Å²) >= 11 is 0. The minimum Gasteiger partial charge on any atom is -0.462 e. The highest BCUT2D eigenvalue weighted by Gasteiger charge is 2.19. The number of hydrogen-bond acceptors (Lipinski definition) is 6. The summed E-state index contributed by atoms with van der Waals surface area (Å²) in [5, 5.41) is 0. The molecule has 1 unspecified atom stereocenters. The van der Waals surface area contributed by atoms with E-state index in [0.717, 1.165) is 83.5 Å². The van der Waals surface area contributed by atoms with Gasteiger partial charge in [0, 0.05) is 19.3 Å². The molecule has 0 amide bonds. The zero-order chi connectivity index (χ0) is 45.8. The standard InChI is InChI=1S/C57H102O6/c1-4-7-10-13-16-19-21-23-24-25-26-27-28-29-30-31-32-34-35-38-41-44-47-50-56(59)62-53-54(52-61-55(58)49-46-43-40-37-18-15-12-9-6-3)63-57(60)51-48-45-42-39-36-33-22-20-17-14-11-8-5-2/h7,10,16,19,23-24,26-27,54H,4-6,8-9,11-15,17-18,20-22,25,28-53H2,1-3H3/b10-7-,19-16-,24-23-,27-26-. The Labute approximate surface area is 390 Å². The summed E-state index contributed by atoms with van der Waals surface area (Å²) in [5.74, 6) is -0.866. The molecule has 0 fully saturated rings. The maximum absolute atomic E-state index is 12.8. The van der Waals surface area contributed by atoms with Gasteiger partial charge in [0.25, 0.3) is 0 Å². The maximum Gasteiger partial charge on any atom is 0.306 e. The molecular weight excluding hydrogens is 781 g/mol. The zero-order valence-electron chi connectivity index (χ0n) is 41.8. The molecule has 0 spiro atoms. The van der Waals surface area contributed by atoms with Crippen LogP contribution in [-0.2, 0) is 28.6 Å². The summed E-state index contributed by atoms with van der Waals surface area (Å²) in [6.45, 7) is 6.52. The molecule has 0 aromatic rings. The van der Waals surface area contributed by atoms with E-state index in [1.807, 2.05) is 0 Å². The molecular formula is C57H102O6. The van der Waals surface area contributed by atoms with Crippen molar-refractivity contribution < 1.29 is 28.6 Å². The van der Waals surface area contributed by atoms with Crippen molar-refractivity contribution in [2.45, 2.75) is 284 Å². The first-order chi connectivity index (χ1) is 31.0. The number of unbranched alkanes of at least 4 members (excludes halogenated alkanes) is 30. The van der Waals surface area contributed by atoms with E-state index in [0.29, 0.717) is 19.3 Å². The normalized spacial score (nSPS) is 12.4. The van der Waals surface area contributed by atoms with E-state index in [2.05, 4.69) is 69.4 Å². The number of esters is 3. The number of allylic oxidation sites excluding steroid dienone is 8. The molecule has 0 rings (SSSR count). The van der Waals surface area contributed by atoms with Crippen molar-refractivity contribution in [1.29, 1.82) is 0 Å². The number of hydrogen-bond donors (Lipinski definition) is 0. The van der Waals surface area contributed by atoms with Gasteiger partial charge in [0.2, 0.25) is 0 Å². The van der Waals surface area contributed by atoms with Crippen LogP contribution in [0.5, 0.6) is 0 Å². The highest BCUT2D eigenvalue weighted by Crippen LogP contribution is 2.16. The van der Waals surface area contributed by atoms with Crippen molar-refractivity contribution in [2.75, 3.05) is 13.2 Å². The Morgan fingerprint density at radius 1 is 0.333 bits per heavy atom. The van der Waals surface area contributed by atoms with E-state index in [4.69, 9.17) is 14.2 Å². The van der Waals surface area contributed by atoms with Crippen LogP contribution >= 0.6 is 0 Å². The third-order valence-electron chi connectivity index (χ3n) is 11.8. The summed E-state index contributed by atoms with van der Waals surface area (Å²) in [4.78, 5) is 37.9. The van der Waals surface area contributed by atoms with Crippen molar-refractivity contribution >= 4 is 17.9 Å². The molecule has 0 N–H and O–H groups in total. The summed E-state index contributed by atoms with van der Waals surface area (Å²) < 4.78 is 16.8. The van der Waals surface area contributed by atoms with Crippen molar-refractivity contribution in [3.05, 3.63) is 48.6 Å². The van der Waals surface area contributed by atoms with E-state index in [9.17, 15) is 14.4 Å². The van der Waals surface area contributed by atoms with E-state index in [1.54, 1.807) is 0 Å². The molecule has 63 heavy (non-hydrogen) atoms. The Balaban J connectivity index is 4.22. The quantitative estimate of drug-likeness (QED) is 0.0262. The largest absolute Gasteiger partial charge is 0.462 e. The fourth-order valence-corrected chi connectivity index (χ4v) is 7.79. The van der Waals surface area contributed by atoms with Gasteiger partial charge in [0.05, 0.1) is 0 Å². The summed E-state index contributed by atoms with van der Waals surface area (Å²) in [6, 6.07) is 0. The van der Waals surface area contributed by atoms with Gasteiger partial charge in [-0.3, -0.25) is 14.4 Å². The first-order valence-electron chi connectivity index (χ1n) is 27.1. The Hall–Kier alpha value is -2.63. The lowest BCUT2D eigenvalue weighted by Gasteiger charge is -2.18. The Kier molecular flexibility index (Phi) is 49.8. The zero-order valence-corrected chi connectivity index (χ0v) is 41.8. The first-order valence-corrected chi connectivity index (χ1v) is 27.1. The Morgan fingerprint density at radius 3 is 0.968 bits per heavy atom. The van der Waals surface area contributed by atoms with Crippen molar-refractivity contribution in [3.63, 3.8) is 0 Å². The molecule has 366 valence electrons. The van der Waals surface area contributed by atoms with Gasteiger partial charge in [-0.05, 0) is 57.8 Å². The fraction of sp³-hybridized carbons (Fsp3) is 0.807. The Bertz CT molecular complexity index is 1110. The fourth-order valence-electron chi connectivity index (χ4n) is 7.79. The van der Waals surface area contributed by atoms with Crippen molar-refractivity contribution in [2.24, 2.45) is 0 Å². The van der Waals surface area contributed by atoms with E-state index >= 15 is 0 Å². The van der Waals surface area contributed by atoms with Crippen molar-refractivity contribution in [1.82, 2.24) is 0 Å². The molecule has 0 saturated heterocycles. The average molecular weight is 883 g/mol. The smallest absolute Gasteiger partial charge is 0.306 e. The lowest BCUT2D eigenvalue weighted by atomic mass is 10.0. The predicted molar refractivity (Wildman–Crippen MR) is 270 cm³/mol. The molecule has 0 bridgehead atoms. The predicted octanol–water partition coefficient (Wildman–Crippen LogP) is 17.9.